The van der Waals surface area contributed by atoms with Crippen molar-refractivity contribution in [2.24, 2.45) is 17.8 Å². The van der Waals surface area contributed by atoms with E-state index in [1.54, 1.807) is 17.0 Å². The predicted octanol–water partition coefficient (Wildman–Crippen LogP) is 9.67. The lowest BCUT2D eigenvalue weighted by Crippen LogP contribution is -2.42. The van der Waals surface area contributed by atoms with E-state index in [0.717, 1.165) is 45.9 Å². The van der Waals surface area contributed by atoms with Crippen LogP contribution in [0.5, 0.6) is 0 Å². The molecule has 1 amide bonds. The monoisotopic (exact) mass is 795 g/mol. The van der Waals surface area contributed by atoms with Crippen LogP contribution in [0.1, 0.15) is 112 Å². The molecule has 2 saturated carbocycles. The number of hydrogen-bond acceptors (Lipinski definition) is 6. The van der Waals surface area contributed by atoms with Gasteiger partial charge in [0.2, 0.25) is 0 Å². The molecule has 284 valence electrons. The molecule has 0 spiro atoms. The van der Waals surface area contributed by atoms with Gasteiger partial charge in [0.15, 0.2) is 9.84 Å². The van der Waals surface area contributed by atoms with E-state index in [0.29, 0.717) is 36.7 Å². The molecule has 9 nitrogen and oxygen atoms in total. The topological polar surface area (TPSA) is 99.3 Å². The Labute approximate surface area is 318 Å². The highest BCUT2D eigenvalue weighted by Gasteiger charge is 2.32. The molecule has 2 aliphatic carbocycles. The standard InChI is InChI=1S/C26H39N3O4S.C15H19BrN2/c1-25(2,3)23-27-21-15-20(9-10-22(21)29(23)16-18-7-8-18)34(31,32)17-19-11-13-28(14-12-19)24(30)33-26(4,5)6;1-15(2,3)14-17-12-8-11(16)6-7-13(12)18(14)9-10-4-5-10/h9-10,15,18-19H,7-8,11-14,16-17H2,1-6H3;6-8,10H,4-5,9H2,1-3H3. The van der Waals surface area contributed by atoms with Crippen LogP contribution < -0.4 is 0 Å². The van der Waals surface area contributed by atoms with Crippen molar-refractivity contribution in [1.29, 1.82) is 0 Å². The number of hydrogen-bond donors (Lipinski definition) is 0. The second-order valence-electron chi connectivity index (χ2n) is 18.5. The van der Waals surface area contributed by atoms with Crippen molar-refractivity contribution in [3.05, 3.63) is 52.5 Å². The normalized spacial score (nSPS) is 17.8. The molecule has 0 N–H and O–H groups in total. The van der Waals surface area contributed by atoms with E-state index in [1.807, 2.05) is 26.8 Å². The number of carbonyl (C=O) groups excluding carboxylic acids is 1. The number of nitrogens with zero attached hydrogens (tertiary/aromatic N) is 5. The van der Waals surface area contributed by atoms with E-state index < -0.39 is 15.4 Å². The van der Waals surface area contributed by atoms with Crippen LogP contribution in [0, 0.1) is 17.8 Å². The average Bonchev–Trinajstić information content (AvgIpc) is 3.95. The lowest BCUT2D eigenvalue weighted by Gasteiger charge is -2.33. The number of rotatable bonds is 7. The predicted molar refractivity (Wildman–Crippen MR) is 213 cm³/mol. The lowest BCUT2D eigenvalue weighted by molar-refractivity contribution is 0.0191. The van der Waals surface area contributed by atoms with Gasteiger partial charge in [0.1, 0.15) is 17.2 Å². The van der Waals surface area contributed by atoms with E-state index in [-0.39, 0.29) is 28.6 Å². The van der Waals surface area contributed by atoms with Crippen LogP contribution >= 0.6 is 15.9 Å². The summed E-state index contributed by atoms with van der Waals surface area (Å²) in [7, 11) is -3.45. The summed E-state index contributed by atoms with van der Waals surface area (Å²) in [6, 6.07) is 11.8. The number of benzene rings is 2. The molecule has 3 heterocycles. The molecule has 7 rings (SSSR count). The quantitative estimate of drug-likeness (QED) is 0.185. The minimum absolute atomic E-state index is 0.0249. The average molecular weight is 797 g/mol. The Bertz CT molecular complexity index is 2030. The fourth-order valence-corrected chi connectivity index (χ4v) is 9.12. The molecular formula is C41H58BrN5O4S. The van der Waals surface area contributed by atoms with Crippen LogP contribution in [0.15, 0.2) is 45.8 Å². The Morgan fingerprint density at radius 2 is 1.21 bits per heavy atom. The summed E-state index contributed by atoms with van der Waals surface area (Å²) in [6.45, 7) is 21.9. The third-order valence-corrected chi connectivity index (χ3v) is 12.5. The van der Waals surface area contributed by atoms with Crippen LogP contribution in [0.3, 0.4) is 0 Å². The van der Waals surface area contributed by atoms with E-state index in [1.165, 1.54) is 37.0 Å². The van der Waals surface area contributed by atoms with Crippen molar-refractivity contribution >= 4 is 53.9 Å². The molecule has 2 aromatic heterocycles. The summed E-state index contributed by atoms with van der Waals surface area (Å²) in [5, 5.41) is 0. The maximum atomic E-state index is 13.3. The van der Waals surface area contributed by atoms with Crippen molar-refractivity contribution in [2.45, 2.75) is 135 Å². The number of piperidine rings is 1. The van der Waals surface area contributed by atoms with E-state index >= 15 is 0 Å². The van der Waals surface area contributed by atoms with Crippen molar-refractivity contribution in [1.82, 2.24) is 24.0 Å². The molecule has 0 bridgehead atoms. The van der Waals surface area contributed by atoms with Gasteiger partial charge < -0.3 is 18.8 Å². The first kappa shape index (κ1) is 38.8. The van der Waals surface area contributed by atoms with Crippen molar-refractivity contribution in [3.63, 3.8) is 0 Å². The molecule has 1 aliphatic heterocycles. The van der Waals surface area contributed by atoms with Crippen LogP contribution in [0.4, 0.5) is 4.79 Å². The number of fused-ring (bicyclic) bond motifs is 2. The second kappa shape index (κ2) is 14.4. The van der Waals surface area contributed by atoms with Gasteiger partial charge in [-0.15, -0.1) is 0 Å². The van der Waals surface area contributed by atoms with Gasteiger partial charge in [-0.1, -0.05) is 57.5 Å². The van der Waals surface area contributed by atoms with E-state index in [9.17, 15) is 13.2 Å². The van der Waals surface area contributed by atoms with Crippen LogP contribution in [-0.2, 0) is 38.5 Å². The fourth-order valence-electron chi connectivity index (χ4n) is 7.05. The van der Waals surface area contributed by atoms with Gasteiger partial charge in [0.25, 0.3) is 0 Å². The number of carbonyl (C=O) groups is 1. The summed E-state index contributed by atoms with van der Waals surface area (Å²) < 4.78 is 37.8. The zero-order chi connectivity index (χ0) is 37.8. The summed E-state index contributed by atoms with van der Waals surface area (Å²) in [4.78, 5) is 24.1. The number of imidazole rings is 2. The zero-order valence-electron chi connectivity index (χ0n) is 32.6. The lowest BCUT2D eigenvalue weighted by atomic mass is 9.95. The molecule has 11 heteroatoms. The second-order valence-corrected chi connectivity index (χ2v) is 21.4. The van der Waals surface area contributed by atoms with Gasteiger partial charge in [-0.25, -0.2) is 23.2 Å². The van der Waals surface area contributed by atoms with Gasteiger partial charge in [-0.05, 0) is 113 Å². The Morgan fingerprint density at radius 1 is 0.731 bits per heavy atom. The summed E-state index contributed by atoms with van der Waals surface area (Å²) in [5.41, 5.74) is 3.60. The molecule has 0 unspecified atom stereocenters. The number of ether oxygens (including phenoxy) is 1. The molecule has 0 atom stereocenters. The van der Waals surface area contributed by atoms with E-state index in [4.69, 9.17) is 14.7 Å². The van der Waals surface area contributed by atoms with Gasteiger partial charge in [-0.3, -0.25) is 0 Å². The molecule has 52 heavy (non-hydrogen) atoms. The molecule has 4 aromatic rings. The Balaban J connectivity index is 0.000000215. The molecule has 3 fully saturated rings. The van der Waals surface area contributed by atoms with E-state index in [2.05, 4.69) is 84.8 Å². The summed E-state index contributed by atoms with van der Waals surface area (Å²) >= 11 is 3.53. The molecule has 3 aliphatic rings. The highest BCUT2D eigenvalue weighted by molar-refractivity contribution is 9.10. The van der Waals surface area contributed by atoms with Gasteiger partial charge >= 0.3 is 6.09 Å². The minimum Gasteiger partial charge on any atom is -0.444 e. The number of likely N-dealkylation sites (tertiary alicyclic amines) is 1. The van der Waals surface area contributed by atoms with Crippen molar-refractivity contribution in [3.8, 4) is 0 Å². The number of sulfone groups is 1. The number of aromatic nitrogens is 4. The summed E-state index contributed by atoms with van der Waals surface area (Å²) in [5.74, 6) is 3.91. The van der Waals surface area contributed by atoms with Gasteiger partial charge in [0.05, 0.1) is 32.7 Å². The Morgan fingerprint density at radius 3 is 1.67 bits per heavy atom. The fraction of sp³-hybridized carbons (Fsp3) is 0.634. The minimum atomic E-state index is -3.45. The molecular weight excluding hydrogens is 738 g/mol. The molecule has 1 saturated heterocycles. The first-order valence-electron chi connectivity index (χ1n) is 19.1. The SMILES string of the molecule is CC(C)(C)OC(=O)N1CCC(CS(=O)(=O)c2ccc3c(c2)nc(C(C)(C)C)n3CC2CC2)CC1.CC(C)(C)c1nc2cc(Br)ccc2n1CC1CC1. The largest absolute Gasteiger partial charge is 0.444 e. The van der Waals surface area contributed by atoms with Crippen LogP contribution in [0.25, 0.3) is 22.1 Å². The van der Waals surface area contributed by atoms with Crippen LogP contribution in [0.2, 0.25) is 0 Å². The third kappa shape index (κ3) is 9.41. The van der Waals surface area contributed by atoms with Gasteiger partial charge in [-0.2, -0.15) is 0 Å². The van der Waals surface area contributed by atoms with Gasteiger partial charge in [0, 0.05) is 41.5 Å². The maximum Gasteiger partial charge on any atom is 0.410 e. The molecule has 0 radical (unpaired) electrons. The molecule has 2 aromatic carbocycles. The maximum absolute atomic E-state index is 13.3. The first-order valence-corrected chi connectivity index (χ1v) is 21.5. The van der Waals surface area contributed by atoms with Crippen molar-refractivity contribution < 1.29 is 17.9 Å². The zero-order valence-corrected chi connectivity index (χ0v) is 35.0. The highest BCUT2D eigenvalue weighted by Crippen LogP contribution is 2.37. The van der Waals surface area contributed by atoms with Crippen LogP contribution in [-0.4, -0.2) is 63.0 Å². The Hall–Kier alpha value is -2.92. The highest BCUT2D eigenvalue weighted by atomic mass is 79.9. The smallest absolute Gasteiger partial charge is 0.410 e. The Kier molecular flexibility index (Phi) is 10.7. The van der Waals surface area contributed by atoms with Crippen molar-refractivity contribution in [2.75, 3.05) is 18.8 Å². The first-order chi connectivity index (χ1) is 24.2. The number of amides is 1. The summed E-state index contributed by atoms with van der Waals surface area (Å²) in [6.07, 6.45) is 6.25. The number of halogens is 1. The third-order valence-electron chi connectivity index (χ3n) is 10.1.